The summed E-state index contributed by atoms with van der Waals surface area (Å²) in [5.41, 5.74) is 3.15. The Labute approximate surface area is 95.3 Å². The molecule has 16 heavy (non-hydrogen) atoms. The molecule has 2 heterocycles. The molecule has 0 aromatic carbocycles. The van der Waals surface area contributed by atoms with Crippen LogP contribution in [0.1, 0.15) is 26.5 Å². The Kier molecular flexibility index (Phi) is 2.50. The predicted molar refractivity (Wildman–Crippen MR) is 62.9 cm³/mol. The van der Waals surface area contributed by atoms with E-state index in [1.54, 1.807) is 6.20 Å². The molecule has 84 valence electrons. The Hall–Kier alpha value is -1.71. The fraction of sp³-hybridized carbons (Fsp3) is 0.417. The lowest BCUT2D eigenvalue weighted by Crippen LogP contribution is -2.17. The Morgan fingerprint density at radius 3 is 2.56 bits per heavy atom. The van der Waals surface area contributed by atoms with Crippen LogP contribution in [0, 0.1) is 0 Å². The van der Waals surface area contributed by atoms with Crippen LogP contribution >= 0.6 is 0 Å². The van der Waals surface area contributed by atoms with Gasteiger partial charge in [-0.2, -0.15) is 15.3 Å². The van der Waals surface area contributed by atoms with Crippen molar-refractivity contribution in [3.05, 3.63) is 30.2 Å². The third kappa shape index (κ3) is 1.83. The number of hydrogen-bond acceptors (Lipinski definition) is 3. The van der Waals surface area contributed by atoms with E-state index in [-0.39, 0.29) is 5.41 Å². The molecule has 0 aliphatic carbocycles. The number of rotatable bonds is 1. The van der Waals surface area contributed by atoms with Crippen molar-refractivity contribution in [3.63, 3.8) is 0 Å². The number of nitrogens with zero attached hydrogens (tertiary/aromatic N) is 4. The van der Waals surface area contributed by atoms with Gasteiger partial charge in [0.2, 0.25) is 0 Å². The second-order valence-corrected chi connectivity index (χ2v) is 4.89. The van der Waals surface area contributed by atoms with E-state index in [0.29, 0.717) is 0 Å². The first-order chi connectivity index (χ1) is 7.50. The van der Waals surface area contributed by atoms with Crippen LogP contribution in [-0.2, 0) is 12.5 Å². The Bertz CT molecular complexity index is 479. The number of aromatic nitrogens is 4. The summed E-state index contributed by atoms with van der Waals surface area (Å²) in [6.45, 7) is 6.51. The summed E-state index contributed by atoms with van der Waals surface area (Å²) < 4.78 is 1.91. The SMILES string of the molecule is Cn1ncc(-c2cccnn2)c1C(C)(C)C. The molecule has 4 heteroatoms. The van der Waals surface area contributed by atoms with Crippen LogP contribution in [0.2, 0.25) is 0 Å². The topological polar surface area (TPSA) is 43.6 Å². The van der Waals surface area contributed by atoms with E-state index in [1.807, 2.05) is 30.1 Å². The number of hydrogen-bond donors (Lipinski definition) is 0. The van der Waals surface area contributed by atoms with E-state index in [9.17, 15) is 0 Å². The van der Waals surface area contributed by atoms with Gasteiger partial charge in [-0.05, 0) is 12.1 Å². The summed E-state index contributed by atoms with van der Waals surface area (Å²) in [6.07, 6.45) is 3.53. The molecule has 0 fully saturated rings. The molecule has 2 aromatic rings. The Morgan fingerprint density at radius 2 is 2.00 bits per heavy atom. The van der Waals surface area contributed by atoms with E-state index >= 15 is 0 Å². The molecule has 0 bridgehead atoms. The van der Waals surface area contributed by atoms with Crippen molar-refractivity contribution in [1.29, 1.82) is 0 Å². The molecule has 0 unspecified atom stereocenters. The van der Waals surface area contributed by atoms with Crippen molar-refractivity contribution in [2.24, 2.45) is 7.05 Å². The zero-order chi connectivity index (χ0) is 11.8. The molecule has 0 aliphatic heterocycles. The maximum Gasteiger partial charge on any atom is 0.0964 e. The normalized spacial score (nSPS) is 11.8. The van der Waals surface area contributed by atoms with E-state index in [0.717, 1.165) is 11.3 Å². The van der Waals surface area contributed by atoms with Crippen molar-refractivity contribution >= 4 is 0 Å². The van der Waals surface area contributed by atoms with Crippen LogP contribution in [0.3, 0.4) is 0 Å². The van der Waals surface area contributed by atoms with Crippen molar-refractivity contribution in [2.45, 2.75) is 26.2 Å². The fourth-order valence-corrected chi connectivity index (χ4v) is 1.96. The lowest BCUT2D eigenvalue weighted by molar-refractivity contribution is 0.524. The molecule has 4 nitrogen and oxygen atoms in total. The highest BCUT2D eigenvalue weighted by Crippen LogP contribution is 2.30. The molecule has 0 amide bonds. The number of aryl methyl sites for hydroxylation is 1. The zero-order valence-electron chi connectivity index (χ0n) is 10.1. The van der Waals surface area contributed by atoms with Crippen LogP contribution in [0.25, 0.3) is 11.3 Å². The molecule has 0 radical (unpaired) electrons. The van der Waals surface area contributed by atoms with Crippen LogP contribution in [0.15, 0.2) is 24.5 Å². The predicted octanol–water partition coefficient (Wildman–Crippen LogP) is 2.17. The van der Waals surface area contributed by atoms with Gasteiger partial charge in [0.15, 0.2) is 0 Å². The lowest BCUT2D eigenvalue weighted by atomic mass is 9.88. The second kappa shape index (κ2) is 3.70. The third-order valence-electron chi connectivity index (χ3n) is 2.50. The van der Waals surface area contributed by atoms with Crippen molar-refractivity contribution in [3.8, 4) is 11.3 Å². The van der Waals surface area contributed by atoms with Gasteiger partial charge >= 0.3 is 0 Å². The van der Waals surface area contributed by atoms with Crippen LogP contribution in [0.4, 0.5) is 0 Å². The summed E-state index contributed by atoms with van der Waals surface area (Å²) >= 11 is 0. The molecule has 0 N–H and O–H groups in total. The largest absolute Gasteiger partial charge is 0.271 e. The maximum atomic E-state index is 4.31. The average Bonchev–Trinajstić information content (AvgIpc) is 2.61. The van der Waals surface area contributed by atoms with E-state index in [4.69, 9.17) is 0 Å². The quantitative estimate of drug-likeness (QED) is 0.733. The van der Waals surface area contributed by atoms with Gasteiger partial charge < -0.3 is 0 Å². The summed E-state index contributed by atoms with van der Waals surface area (Å²) in [4.78, 5) is 0. The molecule has 0 atom stereocenters. The first kappa shape index (κ1) is 10.8. The monoisotopic (exact) mass is 216 g/mol. The standard InChI is InChI=1S/C12H16N4/c1-12(2,3)11-9(8-14-16(11)4)10-6-5-7-13-15-10/h5-8H,1-4H3. The van der Waals surface area contributed by atoms with Crippen molar-refractivity contribution in [2.75, 3.05) is 0 Å². The fourth-order valence-electron chi connectivity index (χ4n) is 1.96. The molecular formula is C12H16N4. The van der Waals surface area contributed by atoms with Gasteiger partial charge in [0.1, 0.15) is 0 Å². The minimum absolute atomic E-state index is 0.0398. The first-order valence-corrected chi connectivity index (χ1v) is 5.30. The van der Waals surface area contributed by atoms with Crippen LogP contribution < -0.4 is 0 Å². The molecule has 2 rings (SSSR count). The highest BCUT2D eigenvalue weighted by molar-refractivity contribution is 5.62. The van der Waals surface area contributed by atoms with Crippen molar-refractivity contribution < 1.29 is 0 Å². The minimum Gasteiger partial charge on any atom is -0.271 e. The third-order valence-corrected chi connectivity index (χ3v) is 2.50. The van der Waals surface area contributed by atoms with Gasteiger partial charge in [-0.25, -0.2) is 0 Å². The molecule has 0 saturated carbocycles. The smallest absolute Gasteiger partial charge is 0.0964 e. The second-order valence-electron chi connectivity index (χ2n) is 4.89. The molecule has 0 saturated heterocycles. The highest BCUT2D eigenvalue weighted by atomic mass is 15.3. The van der Waals surface area contributed by atoms with Gasteiger partial charge in [0.25, 0.3) is 0 Å². The highest BCUT2D eigenvalue weighted by Gasteiger charge is 2.23. The lowest BCUT2D eigenvalue weighted by Gasteiger charge is -2.20. The Balaban J connectivity index is 2.60. The summed E-state index contributed by atoms with van der Waals surface area (Å²) in [5.74, 6) is 0. The van der Waals surface area contributed by atoms with Gasteiger partial charge in [0.05, 0.1) is 17.6 Å². The Morgan fingerprint density at radius 1 is 1.25 bits per heavy atom. The van der Waals surface area contributed by atoms with Gasteiger partial charge in [-0.3, -0.25) is 4.68 Å². The average molecular weight is 216 g/mol. The van der Waals surface area contributed by atoms with E-state index < -0.39 is 0 Å². The zero-order valence-corrected chi connectivity index (χ0v) is 10.1. The van der Waals surface area contributed by atoms with E-state index in [2.05, 4.69) is 36.1 Å². The van der Waals surface area contributed by atoms with Gasteiger partial charge in [0, 0.05) is 24.2 Å². The van der Waals surface area contributed by atoms with Crippen molar-refractivity contribution in [1.82, 2.24) is 20.0 Å². The summed E-state index contributed by atoms with van der Waals surface area (Å²) in [6, 6.07) is 3.85. The van der Waals surface area contributed by atoms with Crippen LogP contribution in [-0.4, -0.2) is 20.0 Å². The van der Waals surface area contributed by atoms with Gasteiger partial charge in [-0.15, -0.1) is 0 Å². The molecule has 2 aromatic heterocycles. The summed E-state index contributed by atoms with van der Waals surface area (Å²) in [7, 11) is 1.96. The minimum atomic E-state index is 0.0398. The van der Waals surface area contributed by atoms with E-state index in [1.165, 1.54) is 5.69 Å². The first-order valence-electron chi connectivity index (χ1n) is 5.30. The summed E-state index contributed by atoms with van der Waals surface area (Å²) in [5, 5.41) is 12.3. The molecule has 0 aliphatic rings. The maximum absolute atomic E-state index is 4.31. The molecule has 0 spiro atoms. The van der Waals surface area contributed by atoms with Gasteiger partial charge in [-0.1, -0.05) is 20.8 Å². The van der Waals surface area contributed by atoms with Crippen LogP contribution in [0.5, 0.6) is 0 Å². The molecular weight excluding hydrogens is 200 g/mol.